The lowest BCUT2D eigenvalue weighted by atomic mass is 10.2. The monoisotopic (exact) mass is 232 g/mol. The van der Waals surface area contributed by atoms with E-state index in [4.69, 9.17) is 0 Å². The number of nitrogens with zero attached hydrogens (tertiary/aromatic N) is 3. The lowest BCUT2D eigenvalue weighted by Gasteiger charge is -2.08. The number of nitrogens with one attached hydrogen (secondary N) is 1. The van der Waals surface area contributed by atoms with Crippen molar-refractivity contribution in [3.63, 3.8) is 0 Å². The lowest BCUT2D eigenvalue weighted by Crippen LogP contribution is -1.99. The summed E-state index contributed by atoms with van der Waals surface area (Å²) in [6.45, 7) is 3.32. The summed E-state index contributed by atoms with van der Waals surface area (Å²) in [4.78, 5) is 12.3. The lowest BCUT2D eigenvalue weighted by molar-refractivity contribution is 0.366. The molecule has 0 radical (unpaired) electrons. The maximum Gasteiger partial charge on any atom is 0.151 e. The fraction of sp³-hybridized carbons (Fsp3) is 0.250. The van der Waals surface area contributed by atoms with E-state index in [9.17, 15) is 4.39 Å². The molecule has 0 spiro atoms. The van der Waals surface area contributed by atoms with Crippen LogP contribution in [0.1, 0.15) is 24.5 Å². The molecule has 2 aromatic rings. The highest BCUT2D eigenvalue weighted by Gasteiger charge is 2.05. The Morgan fingerprint density at radius 1 is 1.18 bits per heavy atom. The molecule has 88 valence electrons. The van der Waals surface area contributed by atoms with Crippen molar-refractivity contribution in [2.75, 3.05) is 5.32 Å². The van der Waals surface area contributed by atoms with E-state index in [0.29, 0.717) is 11.5 Å². The van der Waals surface area contributed by atoms with Crippen molar-refractivity contribution in [1.82, 2.24) is 15.0 Å². The van der Waals surface area contributed by atoms with E-state index in [2.05, 4.69) is 20.3 Å². The van der Waals surface area contributed by atoms with E-state index in [1.807, 2.05) is 6.92 Å². The van der Waals surface area contributed by atoms with Gasteiger partial charge in [-0.2, -0.15) is 0 Å². The first-order valence-corrected chi connectivity index (χ1v) is 5.31. The molecule has 0 bridgehead atoms. The molecule has 0 aliphatic heterocycles. The van der Waals surface area contributed by atoms with Gasteiger partial charge in [-0.1, -0.05) is 0 Å². The number of halogens is 1. The average Bonchev–Trinajstić information content (AvgIpc) is 2.33. The Kier molecular flexibility index (Phi) is 3.27. The van der Waals surface area contributed by atoms with Crippen LogP contribution in [0.25, 0.3) is 0 Å². The maximum absolute atomic E-state index is 13.0. The Morgan fingerprint density at radius 2 is 1.94 bits per heavy atom. The average molecular weight is 232 g/mol. The smallest absolute Gasteiger partial charge is 0.151 e. The molecule has 5 heteroatoms. The van der Waals surface area contributed by atoms with E-state index < -0.39 is 6.17 Å². The number of rotatable bonds is 3. The first kappa shape index (κ1) is 11.4. The molecule has 1 atom stereocenters. The first-order chi connectivity index (χ1) is 8.16. The largest absolute Gasteiger partial charge is 0.337 e. The Morgan fingerprint density at radius 3 is 2.53 bits per heavy atom. The van der Waals surface area contributed by atoms with E-state index in [1.165, 1.54) is 6.92 Å². The summed E-state index contributed by atoms with van der Waals surface area (Å²) < 4.78 is 13.0. The van der Waals surface area contributed by atoms with Gasteiger partial charge in [0.1, 0.15) is 6.17 Å². The van der Waals surface area contributed by atoms with Gasteiger partial charge in [0.2, 0.25) is 0 Å². The zero-order chi connectivity index (χ0) is 12.3. The van der Waals surface area contributed by atoms with Gasteiger partial charge in [-0.05, 0) is 26.0 Å². The topological polar surface area (TPSA) is 50.7 Å². The standard InChI is InChI=1S/C12H13FN4/c1-8(13)11-4-3-10(7-16-11)17-12-9(2)14-5-6-15-12/h3-8H,1-2H3,(H,15,17). The van der Waals surface area contributed by atoms with Crippen molar-refractivity contribution in [2.45, 2.75) is 20.0 Å². The molecule has 0 saturated heterocycles. The molecular formula is C12H13FN4. The maximum atomic E-state index is 13.0. The van der Waals surface area contributed by atoms with Crippen molar-refractivity contribution in [3.05, 3.63) is 42.1 Å². The molecule has 2 rings (SSSR count). The molecule has 4 nitrogen and oxygen atoms in total. The highest BCUT2D eigenvalue weighted by molar-refractivity contribution is 5.56. The van der Waals surface area contributed by atoms with Crippen molar-refractivity contribution >= 4 is 11.5 Å². The quantitative estimate of drug-likeness (QED) is 0.883. The summed E-state index contributed by atoms with van der Waals surface area (Å²) in [6, 6.07) is 3.42. The zero-order valence-corrected chi connectivity index (χ0v) is 9.68. The van der Waals surface area contributed by atoms with Gasteiger partial charge in [-0.25, -0.2) is 9.37 Å². The molecule has 0 saturated carbocycles. The number of hydrogen-bond acceptors (Lipinski definition) is 4. The van der Waals surface area contributed by atoms with E-state index >= 15 is 0 Å². The molecule has 0 fully saturated rings. The Labute approximate surface area is 99.0 Å². The fourth-order valence-corrected chi connectivity index (χ4v) is 1.38. The number of aromatic nitrogens is 3. The van der Waals surface area contributed by atoms with Crippen LogP contribution in [0, 0.1) is 6.92 Å². The minimum absolute atomic E-state index is 0.423. The van der Waals surface area contributed by atoms with Gasteiger partial charge in [-0.15, -0.1) is 0 Å². The van der Waals surface area contributed by atoms with Crippen LogP contribution in [-0.4, -0.2) is 15.0 Å². The van der Waals surface area contributed by atoms with Gasteiger partial charge >= 0.3 is 0 Å². The van der Waals surface area contributed by atoms with Crippen molar-refractivity contribution in [2.24, 2.45) is 0 Å². The van der Waals surface area contributed by atoms with Gasteiger partial charge in [0.05, 0.1) is 23.3 Å². The molecule has 2 heterocycles. The third-order valence-corrected chi connectivity index (χ3v) is 2.34. The minimum Gasteiger partial charge on any atom is -0.337 e. The SMILES string of the molecule is Cc1nccnc1Nc1ccc(C(C)F)nc1. The third-order valence-electron chi connectivity index (χ3n) is 2.34. The van der Waals surface area contributed by atoms with Crippen LogP contribution in [0.15, 0.2) is 30.7 Å². The number of anilines is 2. The van der Waals surface area contributed by atoms with Gasteiger partial charge < -0.3 is 5.32 Å². The van der Waals surface area contributed by atoms with Crippen LogP contribution in [0.3, 0.4) is 0 Å². The van der Waals surface area contributed by atoms with Crippen LogP contribution in [0.4, 0.5) is 15.9 Å². The van der Waals surface area contributed by atoms with Crippen LogP contribution in [0.2, 0.25) is 0 Å². The molecule has 0 aliphatic rings. The Balaban J connectivity index is 2.17. The summed E-state index contributed by atoms with van der Waals surface area (Å²) in [5.41, 5.74) is 1.99. The molecular weight excluding hydrogens is 219 g/mol. The summed E-state index contributed by atoms with van der Waals surface area (Å²) in [6.07, 6.45) is 3.77. The molecule has 1 N–H and O–H groups in total. The second kappa shape index (κ2) is 4.86. The van der Waals surface area contributed by atoms with E-state index in [0.717, 1.165) is 11.4 Å². The van der Waals surface area contributed by atoms with Crippen LogP contribution in [0.5, 0.6) is 0 Å². The van der Waals surface area contributed by atoms with Gasteiger partial charge in [0.15, 0.2) is 5.82 Å². The Bertz CT molecular complexity index is 496. The number of hydrogen-bond donors (Lipinski definition) is 1. The number of pyridine rings is 1. The third kappa shape index (κ3) is 2.75. The molecule has 1 unspecified atom stereocenters. The number of aryl methyl sites for hydroxylation is 1. The molecule has 0 aliphatic carbocycles. The van der Waals surface area contributed by atoms with Crippen LogP contribution < -0.4 is 5.32 Å². The Hall–Kier alpha value is -2.04. The summed E-state index contributed by atoms with van der Waals surface area (Å²) in [5.74, 6) is 0.676. The van der Waals surface area contributed by atoms with Crippen LogP contribution in [-0.2, 0) is 0 Å². The normalized spacial score (nSPS) is 12.2. The first-order valence-electron chi connectivity index (χ1n) is 5.31. The van der Waals surface area contributed by atoms with Gasteiger partial charge in [0.25, 0.3) is 0 Å². The van der Waals surface area contributed by atoms with Crippen molar-refractivity contribution < 1.29 is 4.39 Å². The van der Waals surface area contributed by atoms with Crippen LogP contribution >= 0.6 is 0 Å². The van der Waals surface area contributed by atoms with Crippen molar-refractivity contribution in [1.29, 1.82) is 0 Å². The predicted octanol–water partition coefficient (Wildman–Crippen LogP) is 2.95. The molecule has 0 aromatic carbocycles. The molecule has 2 aromatic heterocycles. The van der Waals surface area contributed by atoms with Crippen molar-refractivity contribution in [3.8, 4) is 0 Å². The van der Waals surface area contributed by atoms with E-state index in [1.54, 1.807) is 30.7 Å². The molecule has 0 amide bonds. The summed E-state index contributed by atoms with van der Waals surface area (Å²) in [5, 5.41) is 3.08. The fourth-order valence-electron chi connectivity index (χ4n) is 1.38. The second-order valence-electron chi connectivity index (χ2n) is 3.70. The summed E-state index contributed by atoms with van der Waals surface area (Å²) >= 11 is 0. The van der Waals surface area contributed by atoms with Gasteiger partial charge in [-0.3, -0.25) is 9.97 Å². The van der Waals surface area contributed by atoms with E-state index in [-0.39, 0.29) is 0 Å². The molecule has 17 heavy (non-hydrogen) atoms. The highest BCUT2D eigenvalue weighted by Crippen LogP contribution is 2.18. The zero-order valence-electron chi connectivity index (χ0n) is 9.68. The summed E-state index contributed by atoms with van der Waals surface area (Å²) in [7, 11) is 0. The minimum atomic E-state index is -1.05. The second-order valence-corrected chi connectivity index (χ2v) is 3.70. The predicted molar refractivity (Wildman–Crippen MR) is 63.8 cm³/mol. The number of alkyl halides is 1. The highest BCUT2D eigenvalue weighted by atomic mass is 19.1. The van der Waals surface area contributed by atoms with Gasteiger partial charge in [0, 0.05) is 12.4 Å².